The Morgan fingerprint density at radius 3 is 2.82 bits per heavy atom. The van der Waals surface area contributed by atoms with Gasteiger partial charge in [-0.25, -0.2) is 4.98 Å². The number of ether oxygens (including phenoxy) is 1. The van der Waals surface area contributed by atoms with E-state index in [9.17, 15) is 0 Å². The first-order chi connectivity index (χ1) is 13.7. The smallest absolute Gasteiger partial charge is 0.141 e. The Kier molecular flexibility index (Phi) is 6.32. The summed E-state index contributed by atoms with van der Waals surface area (Å²) in [5.74, 6) is 1.54. The summed E-state index contributed by atoms with van der Waals surface area (Å²) in [5, 5.41) is 9.14. The van der Waals surface area contributed by atoms with Crippen LogP contribution in [0.5, 0.6) is 0 Å². The topological polar surface area (TPSA) is 61.4 Å². The Morgan fingerprint density at radius 1 is 1.21 bits per heavy atom. The maximum Gasteiger partial charge on any atom is 0.141 e. The molecule has 1 aliphatic heterocycles. The monoisotopic (exact) mass is 397 g/mol. The number of H-pyrrole nitrogens is 1. The van der Waals surface area contributed by atoms with Crippen LogP contribution in [0.1, 0.15) is 30.3 Å². The lowest BCUT2D eigenvalue weighted by atomic mass is 10.1. The lowest BCUT2D eigenvalue weighted by molar-refractivity contribution is -0.0264. The highest BCUT2D eigenvalue weighted by Crippen LogP contribution is 2.32. The molecular weight excluding hydrogens is 370 g/mol. The number of aromatic amines is 1. The number of rotatable bonds is 7. The van der Waals surface area contributed by atoms with E-state index in [1.165, 1.54) is 0 Å². The Morgan fingerprint density at radius 2 is 2.04 bits per heavy atom. The molecular formula is C22H27N3O2S. The van der Waals surface area contributed by atoms with E-state index < -0.39 is 0 Å². The third-order valence-corrected chi connectivity index (χ3v) is 6.14. The van der Waals surface area contributed by atoms with Crippen LogP contribution in [0.2, 0.25) is 0 Å². The van der Waals surface area contributed by atoms with E-state index in [4.69, 9.17) is 14.8 Å². The zero-order valence-corrected chi connectivity index (χ0v) is 17.0. The molecule has 4 rings (SSSR count). The molecule has 2 N–H and O–H groups in total. The predicted molar refractivity (Wildman–Crippen MR) is 114 cm³/mol. The second kappa shape index (κ2) is 9.09. The summed E-state index contributed by atoms with van der Waals surface area (Å²) in [5.41, 5.74) is 3.08. The maximum absolute atomic E-state index is 9.14. The molecule has 1 aliphatic rings. The maximum atomic E-state index is 9.14. The highest BCUT2D eigenvalue weighted by atomic mass is 32.2. The number of hydrogen-bond acceptors (Lipinski definition) is 5. The largest absolute Gasteiger partial charge is 0.396 e. The van der Waals surface area contributed by atoms with Crippen molar-refractivity contribution in [3.05, 3.63) is 59.9 Å². The zero-order chi connectivity index (χ0) is 19.3. The molecule has 1 aromatic heterocycles. The van der Waals surface area contributed by atoms with Crippen LogP contribution in [-0.2, 0) is 4.74 Å². The summed E-state index contributed by atoms with van der Waals surface area (Å²) in [6.45, 7) is 2.29. The Labute approximate surface area is 170 Å². The molecule has 1 saturated heterocycles. The van der Waals surface area contributed by atoms with Crippen LogP contribution in [0.4, 0.5) is 0 Å². The minimum atomic E-state index is -0.226. The number of piperidine rings is 1. The number of aliphatic hydroxyl groups is 1. The van der Waals surface area contributed by atoms with Gasteiger partial charge < -0.3 is 19.7 Å². The quantitative estimate of drug-likeness (QED) is 0.593. The molecule has 3 aromatic rings. The second-order valence-corrected chi connectivity index (χ2v) is 8.47. The van der Waals surface area contributed by atoms with Crippen molar-refractivity contribution in [3.63, 3.8) is 0 Å². The molecule has 0 bridgehead atoms. The van der Waals surface area contributed by atoms with E-state index >= 15 is 0 Å². The minimum Gasteiger partial charge on any atom is -0.396 e. The number of imidazole rings is 1. The highest BCUT2D eigenvalue weighted by Gasteiger charge is 2.26. The molecule has 5 nitrogen and oxygen atoms in total. The third kappa shape index (κ3) is 4.58. The molecule has 0 aliphatic carbocycles. The van der Waals surface area contributed by atoms with Gasteiger partial charge in [0, 0.05) is 23.7 Å². The summed E-state index contributed by atoms with van der Waals surface area (Å²) in [6, 6.07) is 16.5. The molecule has 28 heavy (non-hydrogen) atoms. The van der Waals surface area contributed by atoms with Crippen LogP contribution in [0.15, 0.2) is 53.4 Å². The summed E-state index contributed by atoms with van der Waals surface area (Å²) in [6.07, 6.45) is 2.07. The molecule has 2 aromatic carbocycles. The molecule has 0 radical (unpaired) electrons. The lowest BCUT2D eigenvalue weighted by Crippen LogP contribution is -2.35. The van der Waals surface area contributed by atoms with Gasteiger partial charge in [-0.05, 0) is 49.7 Å². The van der Waals surface area contributed by atoms with E-state index in [0.29, 0.717) is 5.75 Å². The van der Waals surface area contributed by atoms with Gasteiger partial charge in [-0.15, -0.1) is 11.8 Å². The number of para-hydroxylation sites is 2. The van der Waals surface area contributed by atoms with E-state index in [1.54, 1.807) is 11.8 Å². The normalized spacial score (nSPS) is 17.2. The standard InChI is InChI=1S/C22H27N3O2S/c1-25-11-9-17(10-12-25)27-21(16-5-4-6-18(15-16)28-14-13-26)22-23-19-7-2-3-8-20(19)24-22/h2-8,15,17,21,26H,9-14H2,1H3,(H,23,24). The average molecular weight is 398 g/mol. The van der Waals surface area contributed by atoms with E-state index in [-0.39, 0.29) is 18.8 Å². The first-order valence-electron chi connectivity index (χ1n) is 9.85. The molecule has 6 heteroatoms. The molecule has 2 heterocycles. The number of fused-ring (bicyclic) bond motifs is 1. The summed E-state index contributed by atoms with van der Waals surface area (Å²) in [7, 11) is 2.16. The first kappa shape index (κ1) is 19.5. The fourth-order valence-electron chi connectivity index (χ4n) is 3.64. The van der Waals surface area contributed by atoms with Gasteiger partial charge in [0.25, 0.3) is 0 Å². The van der Waals surface area contributed by atoms with Crippen LogP contribution in [0.25, 0.3) is 11.0 Å². The average Bonchev–Trinajstić information content (AvgIpc) is 3.16. The number of hydrogen-bond donors (Lipinski definition) is 2. The van der Waals surface area contributed by atoms with Crippen molar-refractivity contribution in [3.8, 4) is 0 Å². The van der Waals surface area contributed by atoms with Gasteiger partial charge in [0.1, 0.15) is 11.9 Å². The van der Waals surface area contributed by atoms with Gasteiger partial charge in [0.05, 0.1) is 23.7 Å². The molecule has 1 atom stereocenters. The number of aromatic nitrogens is 2. The third-order valence-electron chi connectivity index (χ3n) is 5.17. The van der Waals surface area contributed by atoms with E-state index in [1.807, 2.05) is 24.3 Å². The molecule has 0 saturated carbocycles. The van der Waals surface area contributed by atoms with Gasteiger partial charge in [-0.2, -0.15) is 0 Å². The first-order valence-corrected chi connectivity index (χ1v) is 10.8. The molecule has 1 fully saturated rings. The van der Waals surface area contributed by atoms with Crippen LogP contribution in [0, 0.1) is 0 Å². The van der Waals surface area contributed by atoms with E-state index in [0.717, 1.165) is 53.2 Å². The van der Waals surface area contributed by atoms with Crippen molar-refractivity contribution in [1.82, 2.24) is 14.9 Å². The fraction of sp³-hybridized carbons (Fsp3) is 0.409. The summed E-state index contributed by atoms with van der Waals surface area (Å²) >= 11 is 1.66. The number of nitrogens with zero attached hydrogens (tertiary/aromatic N) is 2. The van der Waals surface area contributed by atoms with Gasteiger partial charge >= 0.3 is 0 Å². The van der Waals surface area contributed by atoms with Crippen molar-refractivity contribution in [2.24, 2.45) is 0 Å². The summed E-state index contributed by atoms with van der Waals surface area (Å²) < 4.78 is 6.62. The van der Waals surface area contributed by atoms with Gasteiger partial charge in [-0.1, -0.05) is 24.3 Å². The molecule has 1 unspecified atom stereocenters. The van der Waals surface area contributed by atoms with Crippen LogP contribution >= 0.6 is 11.8 Å². The fourth-order valence-corrected chi connectivity index (χ4v) is 4.36. The lowest BCUT2D eigenvalue weighted by Gasteiger charge is -2.31. The van der Waals surface area contributed by atoms with Crippen molar-refractivity contribution in [1.29, 1.82) is 0 Å². The minimum absolute atomic E-state index is 0.175. The van der Waals surface area contributed by atoms with Crippen LogP contribution in [0.3, 0.4) is 0 Å². The predicted octanol–water partition coefficient (Wildman–Crippen LogP) is 3.85. The van der Waals surface area contributed by atoms with Crippen molar-refractivity contribution >= 4 is 22.8 Å². The van der Waals surface area contributed by atoms with Gasteiger partial charge in [0.2, 0.25) is 0 Å². The van der Waals surface area contributed by atoms with Gasteiger partial charge in [-0.3, -0.25) is 0 Å². The van der Waals surface area contributed by atoms with Gasteiger partial charge in [0.15, 0.2) is 0 Å². The molecule has 148 valence electrons. The molecule has 0 spiro atoms. The van der Waals surface area contributed by atoms with Crippen molar-refractivity contribution < 1.29 is 9.84 Å². The number of aliphatic hydroxyl groups excluding tert-OH is 1. The van der Waals surface area contributed by atoms with Crippen molar-refractivity contribution in [2.75, 3.05) is 32.5 Å². The number of nitrogens with one attached hydrogen (secondary N) is 1. The van der Waals surface area contributed by atoms with Crippen LogP contribution < -0.4 is 0 Å². The SMILES string of the molecule is CN1CCC(OC(c2cccc(SCCO)c2)c2nc3ccccc3[nH]2)CC1. The summed E-state index contributed by atoms with van der Waals surface area (Å²) in [4.78, 5) is 11.8. The number of benzene rings is 2. The van der Waals surface area contributed by atoms with E-state index in [2.05, 4.69) is 41.2 Å². The number of thioether (sulfide) groups is 1. The Balaban J connectivity index is 1.64. The number of likely N-dealkylation sites (tertiary alicyclic amines) is 1. The highest BCUT2D eigenvalue weighted by molar-refractivity contribution is 7.99. The second-order valence-electron chi connectivity index (χ2n) is 7.30. The van der Waals surface area contributed by atoms with Crippen LogP contribution in [-0.4, -0.2) is 58.6 Å². The zero-order valence-electron chi connectivity index (χ0n) is 16.2. The van der Waals surface area contributed by atoms with Crippen molar-refractivity contribution in [2.45, 2.75) is 29.9 Å². The molecule has 0 amide bonds. The Hall–Kier alpha value is -1.86. The Bertz CT molecular complexity index is 872.